The lowest BCUT2D eigenvalue weighted by Crippen LogP contribution is -2.49. The van der Waals surface area contributed by atoms with Gasteiger partial charge >= 0.3 is 0 Å². The first-order valence-corrected chi connectivity index (χ1v) is 12.2. The van der Waals surface area contributed by atoms with Crippen molar-refractivity contribution in [1.82, 2.24) is 19.4 Å². The van der Waals surface area contributed by atoms with Gasteiger partial charge in [0.2, 0.25) is 5.91 Å². The fraction of sp³-hybridized carbons (Fsp3) is 0.423. The summed E-state index contributed by atoms with van der Waals surface area (Å²) in [5, 5.41) is 1.21. The van der Waals surface area contributed by atoms with Crippen LogP contribution in [0.5, 0.6) is 0 Å². The smallest absolute Gasteiger partial charge is 0.266 e. The third kappa shape index (κ3) is 5.12. The zero-order valence-electron chi connectivity index (χ0n) is 19.3. The van der Waals surface area contributed by atoms with Crippen LogP contribution in [-0.2, 0) is 4.79 Å². The lowest BCUT2D eigenvalue weighted by molar-refractivity contribution is -0.133. The topological polar surface area (TPSA) is 58.4 Å². The summed E-state index contributed by atoms with van der Waals surface area (Å²) < 4.78 is 1.70. The number of hydrogen-bond donors (Lipinski definition) is 0. The molecule has 1 saturated heterocycles. The molecule has 0 radical (unpaired) electrons. The Morgan fingerprint density at radius 2 is 1.73 bits per heavy atom. The van der Waals surface area contributed by atoms with E-state index in [1.165, 1.54) is 0 Å². The maximum absolute atomic E-state index is 13.5. The van der Waals surface area contributed by atoms with Gasteiger partial charge in [-0.3, -0.25) is 19.1 Å². The molecule has 1 amide bonds. The normalized spacial score (nSPS) is 15.7. The monoisotopic (exact) mass is 466 g/mol. The molecule has 174 valence electrons. The van der Waals surface area contributed by atoms with Gasteiger partial charge in [-0.2, -0.15) is 0 Å². The average molecular weight is 467 g/mol. The highest BCUT2D eigenvalue weighted by Gasteiger charge is 2.28. The Bertz CT molecular complexity index is 1170. The van der Waals surface area contributed by atoms with Crippen LogP contribution in [0.15, 0.2) is 53.3 Å². The number of halogens is 1. The average Bonchev–Trinajstić information content (AvgIpc) is 2.84. The van der Waals surface area contributed by atoms with Crippen molar-refractivity contribution >= 4 is 28.4 Å². The molecule has 1 aromatic heterocycles. The summed E-state index contributed by atoms with van der Waals surface area (Å²) in [6.45, 7) is 7.15. The van der Waals surface area contributed by atoms with Gasteiger partial charge in [0, 0.05) is 37.6 Å². The molecule has 0 aliphatic carbocycles. The summed E-state index contributed by atoms with van der Waals surface area (Å²) in [6, 6.07) is 14.6. The minimum Gasteiger partial charge on any atom is -0.340 e. The fourth-order valence-electron chi connectivity index (χ4n) is 4.48. The van der Waals surface area contributed by atoms with Crippen LogP contribution >= 0.6 is 11.6 Å². The number of aromatic nitrogens is 2. The lowest BCUT2D eigenvalue weighted by Gasteiger charge is -2.38. The number of para-hydroxylation sites is 1. The third-order valence-corrected chi connectivity index (χ3v) is 6.72. The Morgan fingerprint density at radius 3 is 2.42 bits per heavy atom. The molecule has 2 aromatic carbocycles. The van der Waals surface area contributed by atoms with E-state index < -0.39 is 0 Å². The molecule has 4 rings (SSSR count). The van der Waals surface area contributed by atoms with Crippen LogP contribution in [0.3, 0.4) is 0 Å². The van der Waals surface area contributed by atoms with Crippen molar-refractivity contribution in [1.29, 1.82) is 0 Å². The molecule has 2 heterocycles. The molecule has 0 bridgehead atoms. The first-order valence-electron chi connectivity index (χ1n) is 11.8. The minimum atomic E-state index is -0.0884. The van der Waals surface area contributed by atoms with E-state index in [1.54, 1.807) is 16.7 Å². The van der Waals surface area contributed by atoms with Gasteiger partial charge in [0.05, 0.1) is 22.6 Å². The summed E-state index contributed by atoms with van der Waals surface area (Å²) in [5.74, 6) is 0.946. The van der Waals surface area contributed by atoms with Crippen molar-refractivity contribution < 1.29 is 4.79 Å². The number of rotatable bonds is 7. The van der Waals surface area contributed by atoms with Gasteiger partial charge in [0.1, 0.15) is 5.82 Å². The first kappa shape index (κ1) is 23.5. The fourth-order valence-corrected chi connectivity index (χ4v) is 4.60. The number of unbranched alkanes of at least 4 members (excludes halogenated alkanes) is 2. The molecule has 6 nitrogen and oxygen atoms in total. The second-order valence-electron chi connectivity index (χ2n) is 8.65. The Balaban J connectivity index is 1.61. The van der Waals surface area contributed by atoms with Gasteiger partial charge in [0.25, 0.3) is 5.56 Å². The maximum atomic E-state index is 13.5. The Kier molecular flexibility index (Phi) is 7.46. The minimum absolute atomic E-state index is 0.0877. The van der Waals surface area contributed by atoms with E-state index in [9.17, 15) is 9.59 Å². The quantitative estimate of drug-likeness (QED) is 0.468. The maximum Gasteiger partial charge on any atom is 0.266 e. The van der Waals surface area contributed by atoms with Gasteiger partial charge in [-0.15, -0.1) is 0 Å². The van der Waals surface area contributed by atoms with Crippen LogP contribution in [0.25, 0.3) is 16.6 Å². The van der Waals surface area contributed by atoms with Crippen LogP contribution in [-0.4, -0.2) is 51.4 Å². The van der Waals surface area contributed by atoms with Crippen LogP contribution in [0.4, 0.5) is 0 Å². The van der Waals surface area contributed by atoms with Gasteiger partial charge in [-0.05, 0) is 49.7 Å². The number of carbonyl (C=O) groups excluding carboxylic acids is 1. The van der Waals surface area contributed by atoms with Crippen LogP contribution in [0.2, 0.25) is 5.02 Å². The molecular weight excluding hydrogens is 436 g/mol. The number of fused-ring (bicyclic) bond motifs is 1. The highest BCUT2D eigenvalue weighted by Crippen LogP contribution is 2.24. The molecular formula is C26H31ClN4O2. The predicted molar refractivity (Wildman–Crippen MR) is 133 cm³/mol. The largest absolute Gasteiger partial charge is 0.340 e. The van der Waals surface area contributed by atoms with Crippen molar-refractivity contribution in [3.8, 4) is 5.69 Å². The lowest BCUT2D eigenvalue weighted by atomic mass is 10.1. The predicted octanol–water partition coefficient (Wildman–Crippen LogP) is 4.82. The summed E-state index contributed by atoms with van der Waals surface area (Å²) in [5.41, 5.74) is 1.35. The second-order valence-corrected chi connectivity index (χ2v) is 9.09. The highest BCUT2D eigenvalue weighted by atomic mass is 35.5. The molecule has 3 aromatic rings. The van der Waals surface area contributed by atoms with Crippen molar-refractivity contribution in [2.45, 2.75) is 45.6 Å². The highest BCUT2D eigenvalue weighted by molar-refractivity contribution is 6.30. The van der Waals surface area contributed by atoms with Crippen molar-refractivity contribution in [2.75, 3.05) is 26.2 Å². The first-order chi connectivity index (χ1) is 16.0. The Labute approximate surface area is 199 Å². The van der Waals surface area contributed by atoms with Crippen LogP contribution in [0, 0.1) is 0 Å². The molecule has 1 aliphatic heterocycles. The molecule has 0 spiro atoms. The number of benzene rings is 2. The van der Waals surface area contributed by atoms with Crippen molar-refractivity contribution in [3.63, 3.8) is 0 Å². The molecule has 1 atom stereocenters. The van der Waals surface area contributed by atoms with Crippen molar-refractivity contribution in [3.05, 3.63) is 69.7 Å². The number of carbonyl (C=O) groups is 1. The molecule has 1 fully saturated rings. The summed E-state index contributed by atoms with van der Waals surface area (Å²) in [4.78, 5) is 35.2. The second kappa shape index (κ2) is 10.5. The van der Waals surface area contributed by atoms with E-state index in [2.05, 4.69) is 18.7 Å². The van der Waals surface area contributed by atoms with E-state index in [4.69, 9.17) is 16.6 Å². The number of piperazine rings is 1. The third-order valence-electron chi connectivity index (χ3n) is 6.47. The number of nitrogens with zero attached hydrogens (tertiary/aromatic N) is 4. The Hall–Kier alpha value is -2.70. The van der Waals surface area contributed by atoms with Crippen LogP contribution < -0.4 is 5.56 Å². The van der Waals surface area contributed by atoms with Gasteiger partial charge < -0.3 is 4.90 Å². The number of hydrogen-bond acceptors (Lipinski definition) is 4. The molecule has 1 aliphatic rings. The SMILES string of the molecule is CCCCCC(=O)N1CCN(C(C)c2nc3ccccc3c(=O)n2-c2ccc(Cl)cc2)CC1. The van der Waals surface area contributed by atoms with Crippen LogP contribution in [0.1, 0.15) is 51.4 Å². The van der Waals surface area contributed by atoms with E-state index in [1.807, 2.05) is 41.3 Å². The van der Waals surface area contributed by atoms with E-state index >= 15 is 0 Å². The summed E-state index contributed by atoms with van der Waals surface area (Å²) in [7, 11) is 0. The van der Waals surface area contributed by atoms with Gasteiger partial charge in [-0.25, -0.2) is 4.98 Å². The number of amides is 1. The van der Waals surface area contributed by atoms with E-state index in [-0.39, 0.29) is 17.5 Å². The van der Waals surface area contributed by atoms with Crippen molar-refractivity contribution in [2.24, 2.45) is 0 Å². The zero-order chi connectivity index (χ0) is 23.4. The molecule has 7 heteroatoms. The zero-order valence-corrected chi connectivity index (χ0v) is 20.1. The molecule has 33 heavy (non-hydrogen) atoms. The molecule has 1 unspecified atom stereocenters. The van der Waals surface area contributed by atoms with Gasteiger partial charge in [-0.1, -0.05) is 43.5 Å². The van der Waals surface area contributed by atoms with E-state index in [0.29, 0.717) is 41.3 Å². The molecule has 0 saturated carbocycles. The summed E-state index contributed by atoms with van der Waals surface area (Å²) in [6.07, 6.45) is 3.80. The molecule has 0 N–H and O–H groups in total. The standard InChI is InChI=1S/C26H31ClN4O2/c1-3-4-5-10-24(32)30-17-15-29(16-18-30)19(2)25-28-23-9-7-6-8-22(23)26(33)31(25)21-13-11-20(27)12-14-21/h6-9,11-14,19H,3-5,10,15-18H2,1-2H3. The summed E-state index contributed by atoms with van der Waals surface area (Å²) >= 11 is 6.09. The Morgan fingerprint density at radius 1 is 1.03 bits per heavy atom. The van der Waals surface area contributed by atoms with Gasteiger partial charge in [0.15, 0.2) is 0 Å². The van der Waals surface area contributed by atoms with E-state index in [0.717, 1.165) is 38.0 Å².